The lowest BCUT2D eigenvalue weighted by Gasteiger charge is -2.33. The molecule has 7 nitrogen and oxygen atoms in total. The van der Waals surface area contributed by atoms with Gasteiger partial charge in [-0.25, -0.2) is 19.9 Å². The van der Waals surface area contributed by atoms with Crippen molar-refractivity contribution in [3.8, 4) is 0 Å². The molecule has 0 bridgehead atoms. The Morgan fingerprint density at radius 2 is 2.13 bits per heavy atom. The zero-order chi connectivity index (χ0) is 16.2. The summed E-state index contributed by atoms with van der Waals surface area (Å²) in [6.45, 7) is 3.87. The maximum atomic E-state index is 4.53. The van der Waals surface area contributed by atoms with E-state index in [1.165, 1.54) is 0 Å². The fraction of sp³-hybridized carbons (Fsp3) is 0.500. The van der Waals surface area contributed by atoms with Crippen molar-refractivity contribution in [1.29, 1.82) is 0 Å². The average molecular weight is 313 g/mol. The number of hydrogen-bond acceptors (Lipinski definition) is 7. The van der Waals surface area contributed by atoms with Crippen molar-refractivity contribution in [2.75, 3.05) is 42.3 Å². The normalized spacial score (nSPS) is 17.9. The van der Waals surface area contributed by atoms with Crippen LogP contribution in [0.15, 0.2) is 24.7 Å². The number of aryl methyl sites for hydroxylation is 1. The molecule has 0 amide bonds. The minimum absolute atomic E-state index is 0.331. The Morgan fingerprint density at radius 1 is 1.26 bits per heavy atom. The number of nitrogens with zero attached hydrogens (tertiary/aromatic N) is 6. The Morgan fingerprint density at radius 3 is 2.91 bits per heavy atom. The first-order valence-corrected chi connectivity index (χ1v) is 7.92. The van der Waals surface area contributed by atoms with Gasteiger partial charge < -0.3 is 15.1 Å². The predicted molar refractivity (Wildman–Crippen MR) is 92.0 cm³/mol. The van der Waals surface area contributed by atoms with E-state index in [-0.39, 0.29) is 0 Å². The second-order valence-corrected chi connectivity index (χ2v) is 6.08. The van der Waals surface area contributed by atoms with E-state index in [2.05, 4.69) is 30.2 Å². The van der Waals surface area contributed by atoms with Crippen LogP contribution in [0.4, 0.5) is 17.6 Å². The van der Waals surface area contributed by atoms with E-state index in [0.717, 1.165) is 49.2 Å². The molecule has 7 heteroatoms. The molecule has 1 fully saturated rings. The lowest BCUT2D eigenvalue weighted by atomic mass is 10.1. The number of anilines is 3. The first-order chi connectivity index (χ1) is 11.1. The Kier molecular flexibility index (Phi) is 4.55. The van der Waals surface area contributed by atoms with Gasteiger partial charge in [0, 0.05) is 51.2 Å². The second-order valence-electron chi connectivity index (χ2n) is 6.08. The maximum Gasteiger partial charge on any atom is 0.225 e. The minimum Gasteiger partial charge on any atom is -0.365 e. The Labute approximate surface area is 136 Å². The largest absolute Gasteiger partial charge is 0.365 e. The van der Waals surface area contributed by atoms with Gasteiger partial charge in [-0.3, -0.25) is 0 Å². The summed E-state index contributed by atoms with van der Waals surface area (Å²) in [5.41, 5.74) is 0.997. The van der Waals surface area contributed by atoms with E-state index in [1.807, 2.05) is 44.2 Å². The molecule has 3 heterocycles. The van der Waals surface area contributed by atoms with Gasteiger partial charge in [0.15, 0.2) is 0 Å². The van der Waals surface area contributed by atoms with Crippen LogP contribution < -0.4 is 15.1 Å². The van der Waals surface area contributed by atoms with Crippen molar-refractivity contribution in [3.05, 3.63) is 30.4 Å². The molecule has 0 spiro atoms. The molecule has 122 valence electrons. The highest BCUT2D eigenvalue weighted by atomic mass is 15.3. The van der Waals surface area contributed by atoms with Crippen LogP contribution in [0, 0.1) is 6.92 Å². The number of piperidine rings is 1. The summed E-state index contributed by atoms with van der Waals surface area (Å²) in [5, 5.41) is 3.52. The van der Waals surface area contributed by atoms with Crippen molar-refractivity contribution in [2.24, 2.45) is 0 Å². The van der Waals surface area contributed by atoms with Crippen molar-refractivity contribution < 1.29 is 0 Å². The molecular weight excluding hydrogens is 290 g/mol. The zero-order valence-electron chi connectivity index (χ0n) is 13.9. The first kappa shape index (κ1) is 15.5. The van der Waals surface area contributed by atoms with Crippen LogP contribution >= 0.6 is 0 Å². The minimum atomic E-state index is 0.331. The van der Waals surface area contributed by atoms with Crippen LogP contribution in [-0.2, 0) is 0 Å². The average Bonchev–Trinajstić information content (AvgIpc) is 2.55. The van der Waals surface area contributed by atoms with Gasteiger partial charge in [0.05, 0.1) is 0 Å². The van der Waals surface area contributed by atoms with Gasteiger partial charge in [-0.2, -0.15) is 0 Å². The quantitative estimate of drug-likeness (QED) is 0.921. The van der Waals surface area contributed by atoms with E-state index < -0.39 is 0 Å². The molecule has 0 saturated carbocycles. The van der Waals surface area contributed by atoms with Gasteiger partial charge in [-0.1, -0.05) is 0 Å². The van der Waals surface area contributed by atoms with Crippen molar-refractivity contribution in [3.63, 3.8) is 0 Å². The monoisotopic (exact) mass is 313 g/mol. The SMILES string of the molecule is Cc1ccnc(N2CCCC(Nc3cc(N(C)C)ncn3)C2)n1. The summed E-state index contributed by atoms with van der Waals surface area (Å²) in [6.07, 6.45) is 5.65. The summed E-state index contributed by atoms with van der Waals surface area (Å²) in [6, 6.07) is 4.23. The topological polar surface area (TPSA) is 70.1 Å². The summed E-state index contributed by atoms with van der Waals surface area (Å²) in [4.78, 5) is 21.7. The highest BCUT2D eigenvalue weighted by Gasteiger charge is 2.22. The molecule has 1 N–H and O–H groups in total. The van der Waals surface area contributed by atoms with E-state index >= 15 is 0 Å². The summed E-state index contributed by atoms with van der Waals surface area (Å²) >= 11 is 0. The Hall–Kier alpha value is -2.44. The number of hydrogen-bond donors (Lipinski definition) is 1. The van der Waals surface area contributed by atoms with Gasteiger partial charge in [0.1, 0.15) is 18.0 Å². The third kappa shape index (κ3) is 3.85. The van der Waals surface area contributed by atoms with E-state index in [4.69, 9.17) is 0 Å². The number of rotatable bonds is 4. The third-order valence-corrected chi connectivity index (χ3v) is 3.95. The van der Waals surface area contributed by atoms with Crippen LogP contribution in [0.3, 0.4) is 0 Å². The van der Waals surface area contributed by atoms with Gasteiger partial charge in [0.2, 0.25) is 5.95 Å². The smallest absolute Gasteiger partial charge is 0.225 e. The molecular formula is C16H23N7. The van der Waals surface area contributed by atoms with Crippen molar-refractivity contribution in [1.82, 2.24) is 19.9 Å². The molecule has 1 aliphatic heterocycles. The summed E-state index contributed by atoms with van der Waals surface area (Å²) in [5.74, 6) is 2.58. The van der Waals surface area contributed by atoms with Crippen molar-refractivity contribution >= 4 is 17.6 Å². The lowest BCUT2D eigenvalue weighted by molar-refractivity contribution is 0.521. The molecule has 3 rings (SSSR count). The first-order valence-electron chi connectivity index (χ1n) is 7.92. The molecule has 2 aromatic heterocycles. The van der Waals surface area contributed by atoms with E-state index in [9.17, 15) is 0 Å². The van der Waals surface area contributed by atoms with Gasteiger partial charge in [-0.15, -0.1) is 0 Å². The van der Waals surface area contributed by atoms with Crippen LogP contribution in [-0.4, -0.2) is 53.2 Å². The molecule has 1 aliphatic rings. The molecule has 1 unspecified atom stereocenters. The van der Waals surface area contributed by atoms with Gasteiger partial charge in [0.25, 0.3) is 0 Å². The second kappa shape index (κ2) is 6.76. The van der Waals surface area contributed by atoms with Crippen LogP contribution in [0.25, 0.3) is 0 Å². The third-order valence-electron chi connectivity index (χ3n) is 3.95. The van der Waals surface area contributed by atoms with Gasteiger partial charge in [-0.05, 0) is 25.8 Å². The van der Waals surface area contributed by atoms with Crippen LogP contribution in [0.1, 0.15) is 18.5 Å². The molecule has 1 saturated heterocycles. The van der Waals surface area contributed by atoms with E-state index in [1.54, 1.807) is 6.33 Å². The van der Waals surface area contributed by atoms with Gasteiger partial charge >= 0.3 is 0 Å². The predicted octanol–water partition coefficient (Wildman–Crippen LogP) is 1.72. The van der Waals surface area contributed by atoms with E-state index in [0.29, 0.717) is 6.04 Å². The van der Waals surface area contributed by atoms with Crippen molar-refractivity contribution in [2.45, 2.75) is 25.8 Å². The molecule has 0 radical (unpaired) electrons. The molecule has 0 aromatic carbocycles. The van der Waals surface area contributed by atoms with Crippen LogP contribution in [0.5, 0.6) is 0 Å². The highest BCUT2D eigenvalue weighted by molar-refractivity contribution is 5.48. The zero-order valence-corrected chi connectivity index (χ0v) is 13.9. The molecule has 0 aliphatic carbocycles. The summed E-state index contributed by atoms with van der Waals surface area (Å²) < 4.78 is 0. The molecule has 2 aromatic rings. The molecule has 1 atom stereocenters. The maximum absolute atomic E-state index is 4.53. The number of nitrogens with one attached hydrogen (secondary N) is 1. The standard InChI is InChI=1S/C16H23N7/c1-12-6-7-17-16(20-12)23-8-4-5-13(10-23)21-14-9-15(22(2)3)19-11-18-14/h6-7,9,11,13H,4-5,8,10H2,1-3H3,(H,18,19,21). The fourth-order valence-corrected chi connectivity index (χ4v) is 2.74. The lowest BCUT2D eigenvalue weighted by Crippen LogP contribution is -2.43. The fourth-order valence-electron chi connectivity index (χ4n) is 2.74. The number of aromatic nitrogens is 4. The molecule has 23 heavy (non-hydrogen) atoms. The Balaban J connectivity index is 1.68. The summed E-state index contributed by atoms with van der Waals surface area (Å²) in [7, 11) is 3.95. The Bertz CT molecular complexity index is 658. The van der Waals surface area contributed by atoms with Crippen LogP contribution in [0.2, 0.25) is 0 Å². The highest BCUT2D eigenvalue weighted by Crippen LogP contribution is 2.19.